The molecule has 1 unspecified atom stereocenters. The van der Waals surface area contributed by atoms with Crippen molar-refractivity contribution in [3.8, 4) is 0 Å². The summed E-state index contributed by atoms with van der Waals surface area (Å²) in [5, 5.41) is 12.2. The maximum atomic E-state index is 14.2. The zero-order chi connectivity index (χ0) is 16.4. The zero-order valence-electron chi connectivity index (χ0n) is 12.9. The third kappa shape index (κ3) is 3.28. The highest BCUT2D eigenvalue weighted by Gasteiger charge is 2.61. The number of alkyl halides is 2. The number of likely N-dealkylation sites (N-methyl/N-ethyl adjacent to an activating group) is 1. The van der Waals surface area contributed by atoms with Crippen LogP contribution < -0.4 is 5.32 Å². The van der Waals surface area contributed by atoms with Crippen LogP contribution >= 0.6 is 0 Å². The van der Waals surface area contributed by atoms with Gasteiger partial charge in [0.15, 0.2) is 0 Å². The predicted octanol–water partition coefficient (Wildman–Crippen LogP) is 1.96. The predicted molar refractivity (Wildman–Crippen MR) is 79.6 cm³/mol. The summed E-state index contributed by atoms with van der Waals surface area (Å²) in [6.45, 7) is 0.393. The van der Waals surface area contributed by atoms with E-state index in [4.69, 9.17) is 0 Å². The lowest BCUT2D eigenvalue weighted by molar-refractivity contribution is -0.216. The van der Waals surface area contributed by atoms with Crippen LogP contribution in [0.2, 0.25) is 0 Å². The van der Waals surface area contributed by atoms with Gasteiger partial charge in [-0.15, -0.1) is 0 Å². The molecular weight excluding hydrogens is 290 g/mol. The van der Waals surface area contributed by atoms with Crippen LogP contribution in [0.1, 0.15) is 30.9 Å². The van der Waals surface area contributed by atoms with Crippen molar-refractivity contribution in [2.45, 2.75) is 36.8 Å². The summed E-state index contributed by atoms with van der Waals surface area (Å²) >= 11 is 0. The second-order valence-corrected chi connectivity index (χ2v) is 6.16. The van der Waals surface area contributed by atoms with E-state index in [1.54, 1.807) is 38.4 Å². The molecule has 0 spiro atoms. The molecule has 22 heavy (non-hydrogen) atoms. The monoisotopic (exact) mass is 312 g/mol. The molecule has 0 saturated heterocycles. The number of aliphatic hydroxyl groups is 1. The number of rotatable bonds is 6. The van der Waals surface area contributed by atoms with Gasteiger partial charge in [-0.2, -0.15) is 8.78 Å². The first-order valence-electron chi connectivity index (χ1n) is 7.37. The topological polar surface area (TPSA) is 52.6 Å². The van der Waals surface area contributed by atoms with Gasteiger partial charge in [0.1, 0.15) is 5.60 Å². The molecule has 1 aliphatic rings. The fourth-order valence-corrected chi connectivity index (χ4v) is 2.57. The Balaban J connectivity index is 2.14. The third-order valence-electron chi connectivity index (χ3n) is 4.11. The molecule has 2 rings (SSSR count). The largest absolute Gasteiger partial charge is 0.383 e. The van der Waals surface area contributed by atoms with Crippen LogP contribution in [0, 0.1) is 0 Å². The van der Waals surface area contributed by atoms with E-state index in [2.05, 4.69) is 5.32 Å². The standard InChI is InChI=1S/C16H22F2N2O2/c1-20(2)11-13(12-7-4-3-5-8-12)19-14(21)16(17,18)15(22)9-6-10-15/h3-5,7-8,13,22H,6,9-11H2,1-2H3,(H,19,21). The van der Waals surface area contributed by atoms with Gasteiger partial charge in [0.2, 0.25) is 0 Å². The molecule has 1 aromatic carbocycles. The molecule has 0 radical (unpaired) electrons. The maximum absolute atomic E-state index is 14.2. The summed E-state index contributed by atoms with van der Waals surface area (Å²) in [5.41, 5.74) is -1.45. The van der Waals surface area contributed by atoms with Crippen LogP contribution in [-0.2, 0) is 4.79 Å². The number of carbonyl (C=O) groups excluding carboxylic acids is 1. The number of amides is 1. The molecule has 0 heterocycles. The van der Waals surface area contributed by atoms with Gasteiger partial charge >= 0.3 is 5.92 Å². The number of carbonyl (C=O) groups is 1. The first kappa shape index (κ1) is 16.8. The Bertz CT molecular complexity index is 516. The zero-order valence-corrected chi connectivity index (χ0v) is 12.9. The van der Waals surface area contributed by atoms with Gasteiger partial charge in [0.25, 0.3) is 5.91 Å². The molecular formula is C16H22F2N2O2. The quantitative estimate of drug-likeness (QED) is 0.844. The Morgan fingerprint density at radius 1 is 1.36 bits per heavy atom. The lowest BCUT2D eigenvalue weighted by atomic mass is 9.75. The van der Waals surface area contributed by atoms with E-state index in [1.807, 2.05) is 11.0 Å². The van der Waals surface area contributed by atoms with E-state index in [0.717, 1.165) is 5.56 Å². The highest BCUT2D eigenvalue weighted by Crippen LogP contribution is 2.44. The summed E-state index contributed by atoms with van der Waals surface area (Å²) in [4.78, 5) is 13.8. The van der Waals surface area contributed by atoms with Crippen LogP contribution in [0.4, 0.5) is 8.78 Å². The maximum Gasteiger partial charge on any atom is 0.352 e. The van der Waals surface area contributed by atoms with E-state index in [9.17, 15) is 18.7 Å². The lowest BCUT2D eigenvalue weighted by Crippen LogP contribution is -2.61. The second kappa shape index (κ2) is 6.30. The number of hydrogen-bond donors (Lipinski definition) is 2. The van der Waals surface area contributed by atoms with Gasteiger partial charge in [-0.05, 0) is 38.9 Å². The molecule has 1 fully saturated rings. The lowest BCUT2D eigenvalue weighted by Gasteiger charge is -2.42. The van der Waals surface area contributed by atoms with Crippen molar-refractivity contribution in [1.29, 1.82) is 0 Å². The normalized spacial score (nSPS) is 18.6. The fraction of sp³-hybridized carbons (Fsp3) is 0.562. The number of benzene rings is 1. The minimum Gasteiger partial charge on any atom is -0.383 e. The van der Waals surface area contributed by atoms with Crippen molar-refractivity contribution in [2.24, 2.45) is 0 Å². The van der Waals surface area contributed by atoms with E-state index < -0.39 is 23.5 Å². The number of nitrogens with zero attached hydrogens (tertiary/aromatic N) is 1. The van der Waals surface area contributed by atoms with Crippen LogP contribution in [0.3, 0.4) is 0 Å². The van der Waals surface area contributed by atoms with Crippen molar-refractivity contribution in [2.75, 3.05) is 20.6 Å². The van der Waals surface area contributed by atoms with Crippen molar-refractivity contribution in [1.82, 2.24) is 10.2 Å². The van der Waals surface area contributed by atoms with Crippen molar-refractivity contribution in [3.05, 3.63) is 35.9 Å². The number of hydrogen-bond acceptors (Lipinski definition) is 3. The molecule has 1 saturated carbocycles. The molecule has 2 N–H and O–H groups in total. The summed E-state index contributed by atoms with van der Waals surface area (Å²) in [5.74, 6) is -5.18. The van der Waals surface area contributed by atoms with E-state index >= 15 is 0 Å². The highest BCUT2D eigenvalue weighted by molar-refractivity contribution is 5.85. The van der Waals surface area contributed by atoms with E-state index in [1.165, 1.54) is 0 Å². The summed E-state index contributed by atoms with van der Waals surface area (Å²) < 4.78 is 28.4. The minimum atomic E-state index is -3.77. The van der Waals surface area contributed by atoms with Gasteiger partial charge in [-0.1, -0.05) is 30.3 Å². The van der Waals surface area contributed by atoms with Gasteiger partial charge in [-0.3, -0.25) is 4.79 Å². The minimum absolute atomic E-state index is 0.0445. The SMILES string of the molecule is CN(C)CC(NC(=O)C(F)(F)C1(O)CCC1)c1ccccc1. The van der Waals surface area contributed by atoms with Gasteiger partial charge in [0.05, 0.1) is 6.04 Å². The molecule has 122 valence electrons. The number of nitrogens with one attached hydrogen (secondary N) is 1. The van der Waals surface area contributed by atoms with Gasteiger partial charge < -0.3 is 15.3 Å². The van der Waals surface area contributed by atoms with Crippen LogP contribution in [0.25, 0.3) is 0 Å². The van der Waals surface area contributed by atoms with Crippen LogP contribution in [0.15, 0.2) is 30.3 Å². The van der Waals surface area contributed by atoms with E-state index in [-0.39, 0.29) is 12.8 Å². The Hall–Kier alpha value is -1.53. The van der Waals surface area contributed by atoms with Crippen molar-refractivity contribution >= 4 is 5.91 Å². The van der Waals surface area contributed by atoms with Crippen molar-refractivity contribution < 1.29 is 18.7 Å². The molecule has 0 bridgehead atoms. The summed E-state index contributed by atoms with van der Waals surface area (Å²) in [6, 6.07) is 8.42. The van der Waals surface area contributed by atoms with Gasteiger partial charge in [0, 0.05) is 6.54 Å². The van der Waals surface area contributed by atoms with Crippen LogP contribution in [0.5, 0.6) is 0 Å². The second-order valence-electron chi connectivity index (χ2n) is 6.16. The average Bonchev–Trinajstić information content (AvgIpc) is 2.44. The fourth-order valence-electron chi connectivity index (χ4n) is 2.57. The number of halogens is 2. The first-order valence-corrected chi connectivity index (χ1v) is 7.37. The molecule has 4 nitrogen and oxygen atoms in total. The molecule has 1 aliphatic carbocycles. The molecule has 0 aliphatic heterocycles. The molecule has 0 aromatic heterocycles. The summed E-state index contributed by atoms with van der Waals surface area (Å²) in [6.07, 6.45) is 0.424. The van der Waals surface area contributed by atoms with Crippen molar-refractivity contribution in [3.63, 3.8) is 0 Å². The molecule has 1 atom stereocenters. The average molecular weight is 312 g/mol. The van der Waals surface area contributed by atoms with E-state index in [0.29, 0.717) is 13.0 Å². The Labute approximate surface area is 129 Å². The highest BCUT2D eigenvalue weighted by atomic mass is 19.3. The molecule has 1 amide bonds. The Kier molecular flexibility index (Phi) is 4.82. The smallest absolute Gasteiger partial charge is 0.352 e. The third-order valence-corrected chi connectivity index (χ3v) is 4.11. The molecule has 6 heteroatoms. The summed E-state index contributed by atoms with van der Waals surface area (Å²) in [7, 11) is 3.61. The van der Waals surface area contributed by atoms with Gasteiger partial charge in [-0.25, -0.2) is 0 Å². The molecule has 1 aromatic rings. The Morgan fingerprint density at radius 3 is 2.41 bits per heavy atom. The van der Waals surface area contributed by atoms with Crippen LogP contribution in [-0.4, -0.2) is 48.1 Å². The Morgan fingerprint density at radius 2 is 1.95 bits per heavy atom. The first-order chi connectivity index (χ1) is 10.3.